The first kappa shape index (κ1) is 17.3. The summed E-state index contributed by atoms with van der Waals surface area (Å²) in [5, 5.41) is 3.16. The fourth-order valence-corrected chi connectivity index (χ4v) is 2.08. The van der Waals surface area contributed by atoms with E-state index < -0.39 is 5.97 Å². The van der Waals surface area contributed by atoms with Gasteiger partial charge in [0.1, 0.15) is 11.4 Å². The standard InChI is InChI=1S/C19H21N3O2/c1-3-24-19(23)17(14(2)20)18(21-15-10-6-4-7-11-15)22-16-12-8-5-9-13-16/h4-13H,3,20H2,1-2H3,(H,21,22)/b17-14-. The third kappa shape index (κ3) is 4.71. The second kappa shape index (κ2) is 8.53. The van der Waals surface area contributed by atoms with E-state index in [9.17, 15) is 4.79 Å². The lowest BCUT2D eigenvalue weighted by Crippen LogP contribution is -2.25. The SMILES string of the molecule is CCOC(=O)/C(C(=Nc1ccccc1)Nc1ccccc1)=C(/C)N. The number of aliphatic imine (C=N–C) groups is 1. The van der Waals surface area contributed by atoms with Crippen LogP contribution in [0.3, 0.4) is 0 Å². The van der Waals surface area contributed by atoms with Gasteiger partial charge < -0.3 is 15.8 Å². The largest absolute Gasteiger partial charge is 0.462 e. The van der Waals surface area contributed by atoms with Gasteiger partial charge in [-0.3, -0.25) is 0 Å². The molecule has 0 bridgehead atoms. The fourth-order valence-electron chi connectivity index (χ4n) is 2.08. The van der Waals surface area contributed by atoms with Crippen molar-refractivity contribution in [3.8, 4) is 0 Å². The number of nitrogens with two attached hydrogens (primary N) is 1. The van der Waals surface area contributed by atoms with Crippen molar-refractivity contribution in [3.63, 3.8) is 0 Å². The van der Waals surface area contributed by atoms with E-state index in [0.29, 0.717) is 17.2 Å². The van der Waals surface area contributed by atoms with Crippen LogP contribution >= 0.6 is 0 Å². The maximum atomic E-state index is 12.3. The number of hydrogen-bond acceptors (Lipinski definition) is 4. The Morgan fingerprint density at radius 1 is 1.08 bits per heavy atom. The highest BCUT2D eigenvalue weighted by Gasteiger charge is 2.20. The molecule has 0 amide bonds. The lowest BCUT2D eigenvalue weighted by Gasteiger charge is -2.14. The zero-order valence-electron chi connectivity index (χ0n) is 13.8. The van der Waals surface area contributed by atoms with Crippen molar-refractivity contribution in [2.24, 2.45) is 10.7 Å². The van der Waals surface area contributed by atoms with Gasteiger partial charge in [-0.2, -0.15) is 0 Å². The van der Waals surface area contributed by atoms with Crippen molar-refractivity contribution in [1.82, 2.24) is 0 Å². The predicted molar refractivity (Wildman–Crippen MR) is 97.1 cm³/mol. The second-order valence-corrected chi connectivity index (χ2v) is 5.07. The Bertz CT molecular complexity index is 734. The Labute approximate surface area is 141 Å². The third-order valence-electron chi connectivity index (χ3n) is 3.14. The average molecular weight is 323 g/mol. The summed E-state index contributed by atoms with van der Waals surface area (Å²) in [5.74, 6) is -0.151. The third-order valence-corrected chi connectivity index (χ3v) is 3.14. The monoisotopic (exact) mass is 323 g/mol. The van der Waals surface area contributed by atoms with E-state index in [1.807, 2.05) is 60.7 Å². The molecule has 0 fully saturated rings. The summed E-state index contributed by atoms with van der Waals surface area (Å²) in [6, 6.07) is 18.8. The normalized spacial score (nSPS) is 12.3. The van der Waals surface area contributed by atoms with Gasteiger partial charge in [0.15, 0.2) is 0 Å². The molecule has 0 saturated heterocycles. The molecule has 5 heteroatoms. The summed E-state index contributed by atoms with van der Waals surface area (Å²) < 4.78 is 5.12. The zero-order valence-corrected chi connectivity index (χ0v) is 13.8. The van der Waals surface area contributed by atoms with Crippen molar-refractivity contribution in [2.45, 2.75) is 13.8 Å². The fraction of sp³-hybridized carbons (Fsp3) is 0.158. The zero-order chi connectivity index (χ0) is 17.4. The molecular formula is C19H21N3O2. The second-order valence-electron chi connectivity index (χ2n) is 5.07. The Kier molecular flexibility index (Phi) is 6.14. The number of carbonyl (C=O) groups excluding carboxylic acids is 1. The minimum Gasteiger partial charge on any atom is -0.462 e. The topological polar surface area (TPSA) is 76.7 Å². The highest BCUT2D eigenvalue weighted by atomic mass is 16.5. The molecule has 2 aromatic carbocycles. The minimum atomic E-state index is -0.504. The number of nitrogens with one attached hydrogen (secondary N) is 1. The quantitative estimate of drug-likeness (QED) is 0.381. The molecule has 0 aromatic heterocycles. The van der Waals surface area contributed by atoms with Gasteiger partial charge in [0.05, 0.1) is 12.3 Å². The molecule has 0 aliphatic heterocycles. The molecular weight excluding hydrogens is 302 g/mol. The first-order valence-electron chi connectivity index (χ1n) is 7.71. The van der Waals surface area contributed by atoms with Crippen LogP contribution in [0.2, 0.25) is 0 Å². The van der Waals surface area contributed by atoms with Crippen molar-refractivity contribution >= 4 is 23.2 Å². The van der Waals surface area contributed by atoms with Crippen LogP contribution in [-0.4, -0.2) is 18.4 Å². The first-order chi connectivity index (χ1) is 11.6. The van der Waals surface area contributed by atoms with E-state index in [-0.39, 0.29) is 12.2 Å². The number of carbonyl (C=O) groups is 1. The van der Waals surface area contributed by atoms with Crippen molar-refractivity contribution in [1.29, 1.82) is 0 Å². The molecule has 5 nitrogen and oxygen atoms in total. The van der Waals surface area contributed by atoms with Gasteiger partial charge in [0, 0.05) is 11.4 Å². The van der Waals surface area contributed by atoms with Crippen LogP contribution < -0.4 is 11.1 Å². The summed E-state index contributed by atoms with van der Waals surface area (Å²) in [5.41, 5.74) is 8.01. The molecule has 0 atom stereocenters. The molecule has 3 N–H and O–H groups in total. The van der Waals surface area contributed by atoms with E-state index in [4.69, 9.17) is 10.5 Å². The lowest BCUT2D eigenvalue weighted by molar-refractivity contribution is -0.137. The van der Waals surface area contributed by atoms with Crippen LogP contribution in [0.4, 0.5) is 11.4 Å². The molecule has 124 valence electrons. The first-order valence-corrected chi connectivity index (χ1v) is 7.71. The number of esters is 1. The van der Waals surface area contributed by atoms with Gasteiger partial charge in [0.2, 0.25) is 0 Å². The van der Waals surface area contributed by atoms with Crippen molar-refractivity contribution in [2.75, 3.05) is 11.9 Å². The molecule has 0 radical (unpaired) electrons. The Morgan fingerprint density at radius 3 is 2.21 bits per heavy atom. The Balaban J connectivity index is 2.47. The van der Waals surface area contributed by atoms with E-state index in [2.05, 4.69) is 10.3 Å². The molecule has 0 aliphatic carbocycles. The number of anilines is 1. The molecule has 2 rings (SSSR count). The van der Waals surface area contributed by atoms with E-state index in [0.717, 1.165) is 5.69 Å². The highest BCUT2D eigenvalue weighted by Crippen LogP contribution is 2.17. The number of hydrogen-bond donors (Lipinski definition) is 2. The number of para-hydroxylation sites is 2. The molecule has 0 saturated carbocycles. The summed E-state index contributed by atoms with van der Waals surface area (Å²) >= 11 is 0. The number of ether oxygens (including phenoxy) is 1. The van der Waals surface area contributed by atoms with Crippen LogP contribution in [0.25, 0.3) is 0 Å². The van der Waals surface area contributed by atoms with E-state index in [1.54, 1.807) is 13.8 Å². The van der Waals surface area contributed by atoms with Crippen LogP contribution in [0, 0.1) is 0 Å². The van der Waals surface area contributed by atoms with Gasteiger partial charge in [-0.1, -0.05) is 36.4 Å². The van der Waals surface area contributed by atoms with E-state index in [1.165, 1.54) is 0 Å². The van der Waals surface area contributed by atoms with Gasteiger partial charge in [-0.05, 0) is 38.1 Å². The van der Waals surface area contributed by atoms with Gasteiger partial charge in [-0.15, -0.1) is 0 Å². The van der Waals surface area contributed by atoms with Crippen LogP contribution in [0.5, 0.6) is 0 Å². The molecule has 0 heterocycles. The van der Waals surface area contributed by atoms with Gasteiger partial charge in [0.25, 0.3) is 0 Å². The number of rotatable bonds is 5. The number of allylic oxidation sites excluding steroid dienone is 1. The summed E-state index contributed by atoms with van der Waals surface area (Å²) in [6.07, 6.45) is 0. The van der Waals surface area contributed by atoms with Gasteiger partial charge >= 0.3 is 5.97 Å². The molecule has 0 unspecified atom stereocenters. The molecule has 24 heavy (non-hydrogen) atoms. The van der Waals surface area contributed by atoms with Crippen LogP contribution in [0.15, 0.2) is 76.9 Å². The molecule has 2 aromatic rings. The van der Waals surface area contributed by atoms with Gasteiger partial charge in [-0.25, -0.2) is 9.79 Å². The molecule has 0 aliphatic rings. The maximum Gasteiger partial charge on any atom is 0.343 e. The smallest absolute Gasteiger partial charge is 0.343 e. The minimum absolute atomic E-state index is 0.226. The summed E-state index contributed by atoms with van der Waals surface area (Å²) in [7, 11) is 0. The Hall–Kier alpha value is -3.08. The van der Waals surface area contributed by atoms with Crippen molar-refractivity contribution in [3.05, 3.63) is 71.9 Å². The summed E-state index contributed by atoms with van der Waals surface area (Å²) in [6.45, 7) is 3.67. The number of nitrogens with zero attached hydrogens (tertiary/aromatic N) is 1. The summed E-state index contributed by atoms with van der Waals surface area (Å²) in [4.78, 5) is 16.9. The molecule has 0 spiro atoms. The number of amidine groups is 1. The predicted octanol–water partition coefficient (Wildman–Crippen LogP) is 3.62. The maximum absolute atomic E-state index is 12.3. The number of benzene rings is 2. The van der Waals surface area contributed by atoms with Crippen molar-refractivity contribution < 1.29 is 9.53 Å². The Morgan fingerprint density at radius 2 is 1.67 bits per heavy atom. The lowest BCUT2D eigenvalue weighted by atomic mass is 10.1. The van der Waals surface area contributed by atoms with Crippen LogP contribution in [-0.2, 0) is 9.53 Å². The van der Waals surface area contributed by atoms with Crippen LogP contribution in [0.1, 0.15) is 13.8 Å². The van der Waals surface area contributed by atoms with E-state index >= 15 is 0 Å². The average Bonchev–Trinajstić information content (AvgIpc) is 2.56. The highest BCUT2D eigenvalue weighted by molar-refractivity contribution is 6.24.